The lowest BCUT2D eigenvalue weighted by Gasteiger charge is -2.21. The Bertz CT molecular complexity index is 705. The van der Waals surface area contributed by atoms with Crippen molar-refractivity contribution < 1.29 is 34.2 Å². The summed E-state index contributed by atoms with van der Waals surface area (Å²) < 4.78 is 0. The van der Waals surface area contributed by atoms with Crippen molar-refractivity contribution in [3.8, 4) is 0 Å². The molecule has 0 unspecified atom stereocenters. The third kappa shape index (κ3) is 7.52. The maximum absolute atomic E-state index is 12.2. The molecule has 0 fully saturated rings. The quantitative estimate of drug-likeness (QED) is 0.202. The van der Waals surface area contributed by atoms with E-state index in [0.717, 1.165) is 0 Å². The maximum atomic E-state index is 12.2. The van der Waals surface area contributed by atoms with Gasteiger partial charge in [0.2, 0.25) is 17.7 Å². The topological polar surface area (TPSA) is 231 Å². The summed E-state index contributed by atoms with van der Waals surface area (Å²) in [5.41, 5.74) is 11.1. The standard InChI is InChI=1S/C14H20N6O7/c15-7(1-6-4-17-5-18-6)12(24)19-8(3-11(22)23)13(25)20-9(14(26)27)2-10(16)21/h4-5,7-9H,1-3,15H2,(H2,16,21)(H,17,18)(H,19,24)(H,20,25)(H,22,23)(H,26,27)/t7-,8-,9-/m0/s1. The number of amides is 3. The van der Waals surface area contributed by atoms with Crippen LogP contribution in [0.5, 0.6) is 0 Å². The van der Waals surface area contributed by atoms with Crippen LogP contribution in [0.2, 0.25) is 0 Å². The van der Waals surface area contributed by atoms with Gasteiger partial charge in [-0.15, -0.1) is 0 Å². The molecule has 0 aliphatic rings. The number of carboxylic acid groups (broad SMARTS) is 2. The molecule has 3 atom stereocenters. The van der Waals surface area contributed by atoms with E-state index in [9.17, 15) is 24.0 Å². The van der Waals surface area contributed by atoms with Crippen LogP contribution in [-0.4, -0.2) is 68.0 Å². The molecule has 0 aromatic carbocycles. The third-order valence-electron chi connectivity index (χ3n) is 3.35. The van der Waals surface area contributed by atoms with Crippen LogP contribution in [0.25, 0.3) is 0 Å². The summed E-state index contributed by atoms with van der Waals surface area (Å²) in [5, 5.41) is 22.0. The van der Waals surface area contributed by atoms with Crippen LogP contribution in [0.1, 0.15) is 18.5 Å². The molecule has 3 amide bonds. The second-order valence-corrected chi connectivity index (χ2v) is 5.60. The first-order valence-electron chi connectivity index (χ1n) is 7.67. The minimum absolute atomic E-state index is 0.0240. The molecule has 13 nitrogen and oxygen atoms in total. The fourth-order valence-electron chi connectivity index (χ4n) is 2.06. The average Bonchev–Trinajstić information content (AvgIpc) is 3.05. The van der Waals surface area contributed by atoms with Crippen molar-refractivity contribution in [2.45, 2.75) is 37.4 Å². The number of H-pyrrole nitrogens is 1. The smallest absolute Gasteiger partial charge is 0.326 e. The lowest BCUT2D eigenvalue weighted by atomic mass is 10.1. The van der Waals surface area contributed by atoms with Gasteiger partial charge in [0.05, 0.1) is 30.9 Å². The number of aromatic amines is 1. The van der Waals surface area contributed by atoms with E-state index in [1.54, 1.807) is 0 Å². The predicted octanol–water partition coefficient (Wildman–Crippen LogP) is -3.32. The highest BCUT2D eigenvalue weighted by Crippen LogP contribution is 2.01. The SMILES string of the molecule is NC(=O)C[C@H](NC(=O)[C@H](CC(=O)O)NC(=O)[C@@H](N)Cc1c[nH]cn1)C(=O)O. The van der Waals surface area contributed by atoms with Crippen molar-refractivity contribution in [2.24, 2.45) is 11.5 Å². The molecule has 0 bridgehead atoms. The normalized spacial score (nSPS) is 13.8. The number of carbonyl (C=O) groups is 5. The van der Waals surface area contributed by atoms with Gasteiger partial charge < -0.3 is 37.3 Å². The number of carbonyl (C=O) groups excluding carboxylic acids is 3. The monoisotopic (exact) mass is 384 g/mol. The lowest BCUT2D eigenvalue weighted by molar-refractivity contribution is -0.144. The Morgan fingerprint density at radius 1 is 1.07 bits per heavy atom. The van der Waals surface area contributed by atoms with Crippen LogP contribution in [-0.2, 0) is 30.4 Å². The van der Waals surface area contributed by atoms with Crippen LogP contribution in [0.15, 0.2) is 12.5 Å². The van der Waals surface area contributed by atoms with E-state index >= 15 is 0 Å². The second-order valence-electron chi connectivity index (χ2n) is 5.60. The molecule has 0 aliphatic carbocycles. The van der Waals surface area contributed by atoms with Crippen LogP contribution >= 0.6 is 0 Å². The number of nitrogens with zero attached hydrogens (tertiary/aromatic N) is 1. The number of aliphatic carboxylic acids is 2. The van der Waals surface area contributed by atoms with E-state index in [-0.39, 0.29) is 6.42 Å². The van der Waals surface area contributed by atoms with Crippen molar-refractivity contribution in [1.82, 2.24) is 20.6 Å². The Labute approximate surface area is 152 Å². The number of imidazole rings is 1. The van der Waals surface area contributed by atoms with Crippen LogP contribution < -0.4 is 22.1 Å². The number of nitrogens with two attached hydrogens (primary N) is 2. The number of nitrogens with one attached hydrogen (secondary N) is 3. The Morgan fingerprint density at radius 3 is 2.19 bits per heavy atom. The van der Waals surface area contributed by atoms with Gasteiger partial charge in [0, 0.05) is 12.6 Å². The van der Waals surface area contributed by atoms with Gasteiger partial charge in [-0.05, 0) is 0 Å². The second kappa shape index (κ2) is 9.86. The van der Waals surface area contributed by atoms with Crippen LogP contribution in [0.3, 0.4) is 0 Å². The Kier molecular flexibility index (Phi) is 7.88. The van der Waals surface area contributed by atoms with Crippen molar-refractivity contribution >= 4 is 29.7 Å². The van der Waals surface area contributed by atoms with Gasteiger partial charge in [-0.1, -0.05) is 0 Å². The Balaban J connectivity index is 2.79. The molecule has 0 spiro atoms. The summed E-state index contributed by atoms with van der Waals surface area (Å²) in [6.45, 7) is 0. The fourth-order valence-corrected chi connectivity index (χ4v) is 2.06. The molecule has 0 radical (unpaired) electrons. The highest BCUT2D eigenvalue weighted by atomic mass is 16.4. The van der Waals surface area contributed by atoms with Crippen molar-refractivity contribution in [3.05, 3.63) is 18.2 Å². The largest absolute Gasteiger partial charge is 0.481 e. The third-order valence-corrected chi connectivity index (χ3v) is 3.35. The molecule has 1 rings (SSSR count). The first kappa shape index (κ1) is 21.6. The van der Waals surface area contributed by atoms with Gasteiger partial charge >= 0.3 is 11.9 Å². The van der Waals surface area contributed by atoms with E-state index in [1.165, 1.54) is 12.5 Å². The van der Waals surface area contributed by atoms with Gasteiger partial charge in [0.15, 0.2) is 0 Å². The molecule has 1 aromatic rings. The molecular formula is C14H20N6O7. The minimum Gasteiger partial charge on any atom is -0.481 e. The summed E-state index contributed by atoms with van der Waals surface area (Å²) in [6.07, 6.45) is 1.39. The average molecular weight is 384 g/mol. The van der Waals surface area contributed by atoms with Gasteiger partial charge in [0.25, 0.3) is 0 Å². The van der Waals surface area contributed by atoms with E-state index in [1.807, 2.05) is 5.32 Å². The van der Waals surface area contributed by atoms with Gasteiger partial charge in [-0.3, -0.25) is 19.2 Å². The first-order valence-corrected chi connectivity index (χ1v) is 7.67. The van der Waals surface area contributed by atoms with Gasteiger partial charge in [0.1, 0.15) is 12.1 Å². The summed E-state index contributed by atoms with van der Waals surface area (Å²) >= 11 is 0. The Hall–Kier alpha value is -3.48. The van der Waals surface area contributed by atoms with E-state index in [2.05, 4.69) is 15.3 Å². The number of carboxylic acids is 2. The summed E-state index contributed by atoms with van der Waals surface area (Å²) in [7, 11) is 0. The molecule has 13 heteroatoms. The highest BCUT2D eigenvalue weighted by molar-refractivity contribution is 5.95. The molecule has 1 aromatic heterocycles. The molecular weight excluding hydrogens is 364 g/mol. The van der Waals surface area contributed by atoms with Crippen molar-refractivity contribution in [2.75, 3.05) is 0 Å². The van der Waals surface area contributed by atoms with E-state index in [4.69, 9.17) is 21.7 Å². The molecule has 1 heterocycles. The summed E-state index contributed by atoms with van der Waals surface area (Å²) in [6, 6.07) is -4.39. The summed E-state index contributed by atoms with van der Waals surface area (Å²) in [5.74, 6) is -5.88. The predicted molar refractivity (Wildman–Crippen MR) is 87.8 cm³/mol. The van der Waals surface area contributed by atoms with Crippen molar-refractivity contribution in [1.29, 1.82) is 0 Å². The molecule has 0 aliphatic heterocycles. The lowest BCUT2D eigenvalue weighted by Crippen LogP contribution is -2.55. The zero-order chi connectivity index (χ0) is 20.6. The van der Waals surface area contributed by atoms with Gasteiger partial charge in [-0.2, -0.15) is 0 Å². The molecule has 0 saturated heterocycles. The number of hydrogen-bond acceptors (Lipinski definition) is 7. The fraction of sp³-hybridized carbons (Fsp3) is 0.429. The maximum Gasteiger partial charge on any atom is 0.326 e. The van der Waals surface area contributed by atoms with Crippen molar-refractivity contribution in [3.63, 3.8) is 0 Å². The zero-order valence-electron chi connectivity index (χ0n) is 14.0. The molecule has 27 heavy (non-hydrogen) atoms. The molecule has 9 N–H and O–H groups in total. The van der Waals surface area contributed by atoms with Crippen LogP contribution in [0.4, 0.5) is 0 Å². The van der Waals surface area contributed by atoms with Gasteiger partial charge in [-0.25, -0.2) is 9.78 Å². The minimum atomic E-state index is -1.67. The number of rotatable bonds is 11. The highest BCUT2D eigenvalue weighted by Gasteiger charge is 2.30. The van der Waals surface area contributed by atoms with E-state index < -0.39 is 60.6 Å². The summed E-state index contributed by atoms with van der Waals surface area (Å²) in [4.78, 5) is 63.8. The van der Waals surface area contributed by atoms with Crippen LogP contribution in [0, 0.1) is 0 Å². The zero-order valence-corrected chi connectivity index (χ0v) is 14.0. The Morgan fingerprint density at radius 2 is 1.70 bits per heavy atom. The molecule has 148 valence electrons. The van der Waals surface area contributed by atoms with E-state index in [0.29, 0.717) is 5.69 Å². The number of aromatic nitrogens is 2. The number of hydrogen-bond donors (Lipinski definition) is 7. The first-order chi connectivity index (χ1) is 12.6. The number of primary amides is 1. The molecule has 0 saturated carbocycles.